The van der Waals surface area contributed by atoms with Crippen LogP contribution in [0.5, 0.6) is 69.0 Å². The van der Waals surface area contributed by atoms with Gasteiger partial charge >= 0.3 is 62.4 Å². The summed E-state index contributed by atoms with van der Waals surface area (Å²) in [6.45, 7) is 0.434. The van der Waals surface area contributed by atoms with Crippen molar-refractivity contribution in [3.63, 3.8) is 0 Å². The number of carboxylic acid groups (broad SMARTS) is 1. The SMILES string of the molecule is C.C.COc1cc(N(C)CCCC(=O)O)cc(OC)c1C(c1c(OC)cc(N(C)CCS(=O)(=O)[O-])cc1OC)c1c(OC)cc(N(C)CCS(=O)(=O)O)cc1OC.COc1cc(N(C)CCCC(=O)ON2C(=O)CCC2=O)cc(OC)c1C(c1c(OC)cc(N(C)CCS(=O)(=O)O)cc1OC)c1c(OC)cc(N(C)CCS(=O)(=O)O)cc1OC.I[I-]I. The van der Waals surface area contributed by atoms with Gasteiger partial charge in [0.2, 0.25) is 0 Å². The summed E-state index contributed by atoms with van der Waals surface area (Å²) in [6.07, 6.45) is 0.543. The molecular formula is C78H112I3N7O30S4-2. The van der Waals surface area contributed by atoms with Gasteiger partial charge in [0.05, 0.1) is 130 Å². The fourth-order valence-electron chi connectivity index (χ4n) is 13.0. The molecule has 1 atom stereocenters. The number of amides is 2. The van der Waals surface area contributed by atoms with E-state index in [1.165, 1.54) is 85.3 Å². The Bertz CT molecular complexity index is 4650. The Morgan fingerprint density at radius 1 is 0.377 bits per heavy atom. The second-order valence-corrected chi connectivity index (χ2v) is 49.3. The molecule has 1 heterocycles. The molecule has 0 aromatic heterocycles. The number of ether oxygens (including phenoxy) is 12. The third-order valence-corrected chi connectivity index (χ3v) is 22.0. The first kappa shape index (κ1) is 108. The molecule has 1 fully saturated rings. The fraction of sp³-hybridized carbons (Fsp3) is 0.487. The van der Waals surface area contributed by atoms with Crippen LogP contribution in [0, 0.1) is 0 Å². The first-order valence-electron chi connectivity index (χ1n) is 36.2. The summed E-state index contributed by atoms with van der Waals surface area (Å²) in [7, 11) is 10.3. The second-order valence-electron chi connectivity index (χ2n) is 26.8. The molecule has 1 aliphatic rings. The predicted molar refractivity (Wildman–Crippen MR) is 477 cm³/mol. The van der Waals surface area contributed by atoms with Crippen LogP contribution < -0.4 is 99.5 Å². The molecule has 6 aromatic carbocycles. The Morgan fingerprint density at radius 3 is 0.730 bits per heavy atom. The maximum atomic E-state index is 12.5. The van der Waals surface area contributed by atoms with Gasteiger partial charge in [-0.2, -0.15) is 25.3 Å². The predicted octanol–water partition coefficient (Wildman–Crippen LogP) is 6.96. The van der Waals surface area contributed by atoms with Crippen LogP contribution in [0.1, 0.15) is 98.6 Å². The molecule has 1 aliphatic heterocycles. The number of rotatable bonds is 45. The quantitative estimate of drug-likeness (QED) is 0.0130. The summed E-state index contributed by atoms with van der Waals surface area (Å²) in [5.41, 5.74) is 5.91. The number of methoxy groups -OCH3 is 12. The zero-order chi connectivity index (χ0) is 90.1. The zero-order valence-corrected chi connectivity index (χ0v) is 79.4. The van der Waals surface area contributed by atoms with Gasteiger partial charge in [0, 0.05) is 248 Å². The van der Waals surface area contributed by atoms with Gasteiger partial charge in [-0.25, -0.2) is 13.2 Å². The van der Waals surface area contributed by atoms with Crippen LogP contribution >= 0.6 is 37.2 Å². The Kier molecular flexibility index (Phi) is 43.6. The molecule has 4 N–H and O–H groups in total. The van der Waals surface area contributed by atoms with Crippen molar-refractivity contribution in [1.29, 1.82) is 0 Å². The minimum absolute atomic E-state index is 0. The van der Waals surface area contributed by atoms with Crippen LogP contribution in [0.4, 0.5) is 34.1 Å². The van der Waals surface area contributed by atoms with Crippen LogP contribution in [0.25, 0.3) is 0 Å². The number of hydroxylamine groups is 2. The average Bonchev–Trinajstić information content (AvgIpc) is 0.761. The van der Waals surface area contributed by atoms with Gasteiger partial charge in [0.25, 0.3) is 42.2 Å². The zero-order valence-electron chi connectivity index (χ0n) is 69.7. The first-order valence-corrected chi connectivity index (χ1v) is 55.2. The maximum absolute atomic E-state index is 12.5. The molecule has 1 unspecified atom stereocenters. The van der Waals surface area contributed by atoms with Gasteiger partial charge in [0.15, 0.2) is 0 Å². The van der Waals surface area contributed by atoms with Crippen molar-refractivity contribution in [3.8, 4) is 69.0 Å². The summed E-state index contributed by atoms with van der Waals surface area (Å²) in [6, 6.07) is 20.5. The van der Waals surface area contributed by atoms with Crippen LogP contribution in [0.15, 0.2) is 72.8 Å². The molecule has 122 heavy (non-hydrogen) atoms. The number of aliphatic carboxylic acids is 1. The van der Waals surface area contributed by atoms with Crippen molar-refractivity contribution in [2.75, 3.05) is 219 Å². The summed E-state index contributed by atoms with van der Waals surface area (Å²) < 4.78 is 205. The molecular weight excluding hydrogens is 2020 g/mol. The van der Waals surface area contributed by atoms with E-state index in [0.717, 1.165) is 0 Å². The van der Waals surface area contributed by atoms with E-state index >= 15 is 0 Å². The van der Waals surface area contributed by atoms with Crippen molar-refractivity contribution in [2.45, 2.75) is 65.2 Å². The molecule has 686 valence electrons. The number of hydrogen-bond donors (Lipinski definition) is 4. The number of carboxylic acids is 1. The first-order chi connectivity index (χ1) is 56.4. The second kappa shape index (κ2) is 49.4. The Labute approximate surface area is 745 Å². The topological polar surface area (TPSA) is 451 Å². The fourth-order valence-corrected chi connectivity index (χ4v) is 15.0. The average molecular weight is 2140 g/mol. The van der Waals surface area contributed by atoms with Gasteiger partial charge in [-0.15, -0.1) is 5.06 Å². The minimum atomic E-state index is -4.51. The van der Waals surface area contributed by atoms with Crippen molar-refractivity contribution < 1.29 is 151 Å². The molecule has 0 saturated carbocycles. The number of carbonyl (C=O) groups is 4. The molecule has 6 aromatic rings. The van der Waals surface area contributed by atoms with E-state index in [-0.39, 0.29) is 101 Å². The van der Waals surface area contributed by atoms with E-state index in [1.807, 2.05) is 16.8 Å². The van der Waals surface area contributed by atoms with Gasteiger partial charge in [-0.05, 0) is 12.8 Å². The number of anilines is 6. The summed E-state index contributed by atoms with van der Waals surface area (Å²) >= 11 is 5.30. The van der Waals surface area contributed by atoms with E-state index in [9.17, 15) is 76.2 Å². The number of benzene rings is 6. The monoisotopic (exact) mass is 2140 g/mol. The van der Waals surface area contributed by atoms with Gasteiger partial charge < -0.3 is 101 Å². The van der Waals surface area contributed by atoms with Crippen LogP contribution in [-0.4, -0.2) is 276 Å². The molecule has 1 saturated heterocycles. The van der Waals surface area contributed by atoms with Crippen LogP contribution in [0.3, 0.4) is 0 Å². The van der Waals surface area contributed by atoms with Gasteiger partial charge in [-0.3, -0.25) is 28.0 Å². The Hall–Kier alpha value is -8.37. The van der Waals surface area contributed by atoms with E-state index in [2.05, 4.69) is 37.2 Å². The number of halogens is 3. The van der Waals surface area contributed by atoms with Gasteiger partial charge in [0.1, 0.15) is 69.0 Å². The normalized spacial score (nSPS) is 12.2. The van der Waals surface area contributed by atoms with E-state index < -0.39 is 99.1 Å². The van der Waals surface area contributed by atoms with Gasteiger partial charge in [-0.1, -0.05) is 14.9 Å². The third-order valence-electron chi connectivity index (χ3n) is 19.2. The van der Waals surface area contributed by atoms with Crippen molar-refractivity contribution in [2.24, 2.45) is 0 Å². The standard InChI is InChI=1S/C40H54N4O16S2.C36H51N3O14S2.2CH4.I3/c1-41(14-10-11-36(47)60-44-34(45)12-13-35(44)46)25-19-28(54-4)37(29(20-25)55-5)40(38-30(56-6)21-26(22-31(38)57-7)42(2)15-17-61(48,49)50)39-32(58-8)23-27(24-33(39)59-9)43(3)16-18-62(51,52)53;1-37(12-10-11-32(40)41)23-17-26(48-4)33(27(18-23)49-5)36(34-28(50-6)19-24(20-29(34)51-7)38(2)13-15-54(42,43)44)35-30(52-8)21-25(22-31(35)53-9)39(3)14-16-55(45,46)47;;;1-3-2/h19-24,40H,10-18H2,1-9H3,(H,48,49,50)(H,51,52,53);17-22,36H,10-16H2,1-9H3,(H,40,41)(H,42,43,44)(H,45,46,47);2*1H4;/q;;;;-1/p-1. The molecule has 44 heteroatoms. The molecule has 0 radical (unpaired) electrons. The number of carbonyl (C=O) groups excluding carboxylic acids is 3. The van der Waals surface area contributed by atoms with Crippen LogP contribution in [0.2, 0.25) is 0 Å². The molecule has 0 aliphatic carbocycles. The summed E-state index contributed by atoms with van der Waals surface area (Å²) in [4.78, 5) is 62.7. The van der Waals surface area contributed by atoms with Crippen molar-refractivity contribution >= 4 is 136 Å². The molecule has 0 bridgehead atoms. The van der Waals surface area contributed by atoms with E-state index in [4.69, 9.17) is 61.7 Å². The van der Waals surface area contributed by atoms with E-state index in [1.54, 1.807) is 128 Å². The van der Waals surface area contributed by atoms with E-state index in [0.29, 0.717) is 146 Å². The van der Waals surface area contributed by atoms with Crippen molar-refractivity contribution in [1.82, 2.24) is 5.06 Å². The van der Waals surface area contributed by atoms with Crippen molar-refractivity contribution in [3.05, 3.63) is 106 Å². The summed E-state index contributed by atoms with van der Waals surface area (Å²) in [5, 5.41) is 9.69. The number of nitrogens with zero attached hydrogens (tertiary/aromatic N) is 7. The third kappa shape index (κ3) is 30.2. The number of hydrogen-bond acceptors (Lipinski definition) is 32. The molecule has 2 amide bonds. The number of imide groups is 1. The Balaban J connectivity index is 0.000000605. The molecule has 37 nitrogen and oxygen atoms in total. The molecule has 0 spiro atoms. The Morgan fingerprint density at radius 2 is 0.557 bits per heavy atom. The molecule has 7 rings (SSSR count). The van der Waals surface area contributed by atoms with Crippen LogP contribution in [-0.2, 0) is 64.5 Å². The summed E-state index contributed by atoms with van der Waals surface area (Å²) in [5.74, 6) is -3.31.